The molecule has 1 aromatic carbocycles. The highest BCUT2D eigenvalue weighted by atomic mass is 79.9. The Morgan fingerprint density at radius 1 is 1.53 bits per heavy atom. The average molecular weight is 320 g/mol. The first-order chi connectivity index (χ1) is 8.13. The topological polar surface area (TPSA) is 29.1 Å². The molecular formula is C12H15BrFNOS. The lowest BCUT2D eigenvalue weighted by Gasteiger charge is -2.05. The van der Waals surface area contributed by atoms with Gasteiger partial charge in [0.2, 0.25) is 5.91 Å². The highest BCUT2D eigenvalue weighted by molar-refractivity contribution is 9.10. The van der Waals surface area contributed by atoms with Crippen LogP contribution in [-0.2, 0) is 10.5 Å². The molecule has 1 rings (SSSR count). The maximum atomic E-state index is 12.8. The zero-order chi connectivity index (χ0) is 12.7. The van der Waals surface area contributed by atoms with Crippen LogP contribution in [0.2, 0.25) is 0 Å². The molecule has 5 heteroatoms. The number of rotatable bonds is 6. The number of hydrogen-bond donors (Lipinski definition) is 1. The zero-order valence-corrected chi connectivity index (χ0v) is 12.0. The van der Waals surface area contributed by atoms with Gasteiger partial charge in [-0.1, -0.05) is 28.9 Å². The van der Waals surface area contributed by atoms with E-state index in [2.05, 4.69) is 21.2 Å². The minimum Gasteiger partial charge on any atom is -0.355 e. The van der Waals surface area contributed by atoms with Crippen molar-refractivity contribution in [1.82, 2.24) is 5.32 Å². The molecule has 0 fully saturated rings. The highest BCUT2D eigenvalue weighted by Crippen LogP contribution is 2.22. The van der Waals surface area contributed by atoms with Crippen molar-refractivity contribution < 1.29 is 9.18 Å². The van der Waals surface area contributed by atoms with E-state index in [1.54, 1.807) is 6.07 Å². The van der Waals surface area contributed by atoms with Crippen molar-refractivity contribution in [3.8, 4) is 0 Å². The van der Waals surface area contributed by atoms with Gasteiger partial charge in [0.05, 0.1) is 5.75 Å². The predicted molar refractivity (Wildman–Crippen MR) is 73.6 cm³/mol. The van der Waals surface area contributed by atoms with Crippen LogP contribution < -0.4 is 5.32 Å². The maximum absolute atomic E-state index is 12.8. The van der Waals surface area contributed by atoms with Crippen LogP contribution in [0.25, 0.3) is 0 Å². The van der Waals surface area contributed by atoms with Crippen LogP contribution in [0.15, 0.2) is 22.7 Å². The summed E-state index contributed by atoms with van der Waals surface area (Å²) in [6, 6.07) is 4.60. The Morgan fingerprint density at radius 3 is 2.94 bits per heavy atom. The summed E-state index contributed by atoms with van der Waals surface area (Å²) in [4.78, 5) is 11.3. The van der Waals surface area contributed by atoms with Crippen molar-refractivity contribution in [2.24, 2.45) is 0 Å². The first-order valence-corrected chi connectivity index (χ1v) is 7.36. The Kier molecular flexibility index (Phi) is 6.58. The molecule has 1 amide bonds. The molecule has 0 radical (unpaired) electrons. The van der Waals surface area contributed by atoms with Gasteiger partial charge in [0.1, 0.15) is 5.82 Å². The van der Waals surface area contributed by atoms with Gasteiger partial charge < -0.3 is 5.32 Å². The summed E-state index contributed by atoms with van der Waals surface area (Å²) in [5, 5.41) is 2.81. The number of carbonyl (C=O) groups excluding carboxylic acids is 1. The van der Waals surface area contributed by atoms with Gasteiger partial charge in [0.15, 0.2) is 0 Å². The SMILES string of the molecule is CCCNC(=O)CSCc1ccc(F)cc1Br. The monoisotopic (exact) mass is 319 g/mol. The van der Waals surface area contributed by atoms with Crippen LogP contribution in [-0.4, -0.2) is 18.2 Å². The zero-order valence-electron chi connectivity index (χ0n) is 9.63. The molecule has 94 valence electrons. The molecule has 1 N–H and O–H groups in total. The van der Waals surface area contributed by atoms with E-state index < -0.39 is 0 Å². The van der Waals surface area contributed by atoms with Gasteiger partial charge >= 0.3 is 0 Å². The minimum absolute atomic E-state index is 0.0510. The Labute approximate surface area is 113 Å². The average Bonchev–Trinajstić information content (AvgIpc) is 2.29. The van der Waals surface area contributed by atoms with E-state index in [9.17, 15) is 9.18 Å². The van der Waals surface area contributed by atoms with E-state index in [0.29, 0.717) is 11.5 Å². The molecule has 0 atom stereocenters. The molecule has 0 bridgehead atoms. The maximum Gasteiger partial charge on any atom is 0.230 e. The molecule has 0 saturated heterocycles. The fraction of sp³-hybridized carbons (Fsp3) is 0.417. The Balaban J connectivity index is 2.33. The summed E-state index contributed by atoms with van der Waals surface area (Å²) in [7, 11) is 0. The molecule has 1 aromatic rings. The van der Waals surface area contributed by atoms with E-state index in [-0.39, 0.29) is 11.7 Å². The molecule has 0 aromatic heterocycles. The van der Waals surface area contributed by atoms with Gasteiger partial charge in [0.25, 0.3) is 0 Å². The predicted octanol–water partition coefficient (Wildman–Crippen LogP) is 3.35. The van der Waals surface area contributed by atoms with Gasteiger partial charge in [-0.3, -0.25) is 4.79 Å². The van der Waals surface area contributed by atoms with Crippen LogP contribution in [0.5, 0.6) is 0 Å². The Morgan fingerprint density at radius 2 is 2.29 bits per heavy atom. The van der Waals surface area contributed by atoms with Crippen molar-refractivity contribution in [1.29, 1.82) is 0 Å². The summed E-state index contributed by atoms with van der Waals surface area (Å²) in [5.41, 5.74) is 1.000. The third-order valence-corrected chi connectivity index (χ3v) is 3.80. The van der Waals surface area contributed by atoms with Crippen molar-refractivity contribution in [2.45, 2.75) is 19.1 Å². The molecule has 0 spiro atoms. The second-order valence-corrected chi connectivity index (χ2v) is 5.42. The van der Waals surface area contributed by atoms with Crippen LogP contribution in [0, 0.1) is 5.82 Å². The van der Waals surface area contributed by atoms with Crippen molar-refractivity contribution in [3.63, 3.8) is 0 Å². The standard InChI is InChI=1S/C12H15BrFNOS/c1-2-5-15-12(16)8-17-7-9-3-4-10(14)6-11(9)13/h3-4,6H,2,5,7-8H2,1H3,(H,15,16). The van der Waals surface area contributed by atoms with Crippen molar-refractivity contribution in [2.75, 3.05) is 12.3 Å². The second-order valence-electron chi connectivity index (χ2n) is 3.58. The minimum atomic E-state index is -0.258. The van der Waals surface area contributed by atoms with Crippen molar-refractivity contribution in [3.05, 3.63) is 34.1 Å². The van der Waals surface area contributed by atoms with Crippen LogP contribution >= 0.6 is 27.7 Å². The van der Waals surface area contributed by atoms with Gasteiger partial charge in [0, 0.05) is 16.8 Å². The second kappa shape index (κ2) is 7.71. The third kappa shape index (κ3) is 5.55. The molecule has 17 heavy (non-hydrogen) atoms. The number of amides is 1. The smallest absolute Gasteiger partial charge is 0.230 e. The summed E-state index contributed by atoms with van der Waals surface area (Å²) in [5.74, 6) is 0.922. The van der Waals surface area contributed by atoms with E-state index >= 15 is 0 Å². The largest absolute Gasteiger partial charge is 0.355 e. The molecule has 2 nitrogen and oxygen atoms in total. The number of halogens is 2. The van der Waals surface area contributed by atoms with Gasteiger partial charge in [-0.15, -0.1) is 11.8 Å². The summed E-state index contributed by atoms with van der Waals surface area (Å²) >= 11 is 4.82. The highest BCUT2D eigenvalue weighted by Gasteiger charge is 2.04. The lowest BCUT2D eigenvalue weighted by molar-refractivity contribution is -0.118. The number of thioether (sulfide) groups is 1. The lowest BCUT2D eigenvalue weighted by atomic mass is 10.2. The van der Waals surface area contributed by atoms with E-state index in [1.807, 2.05) is 6.92 Å². The van der Waals surface area contributed by atoms with E-state index in [4.69, 9.17) is 0 Å². The molecule has 0 saturated carbocycles. The van der Waals surface area contributed by atoms with Gasteiger partial charge in [-0.25, -0.2) is 4.39 Å². The number of carbonyl (C=O) groups is 1. The fourth-order valence-corrected chi connectivity index (χ4v) is 2.75. The molecule has 0 heterocycles. The normalized spacial score (nSPS) is 10.3. The Hall–Kier alpha value is -0.550. The van der Waals surface area contributed by atoms with E-state index in [0.717, 1.165) is 23.0 Å². The van der Waals surface area contributed by atoms with Gasteiger partial charge in [-0.05, 0) is 24.1 Å². The molecule has 0 unspecified atom stereocenters. The van der Waals surface area contributed by atoms with E-state index in [1.165, 1.54) is 23.9 Å². The quantitative estimate of drug-likeness (QED) is 0.871. The number of nitrogens with one attached hydrogen (secondary N) is 1. The number of benzene rings is 1. The van der Waals surface area contributed by atoms with Gasteiger partial charge in [-0.2, -0.15) is 0 Å². The van der Waals surface area contributed by atoms with Crippen molar-refractivity contribution >= 4 is 33.6 Å². The van der Waals surface area contributed by atoms with Crippen LogP contribution in [0.4, 0.5) is 4.39 Å². The lowest BCUT2D eigenvalue weighted by Crippen LogP contribution is -2.25. The molecule has 0 aliphatic carbocycles. The third-order valence-electron chi connectivity index (χ3n) is 2.08. The first-order valence-electron chi connectivity index (χ1n) is 5.42. The van der Waals surface area contributed by atoms with Crippen LogP contribution in [0.1, 0.15) is 18.9 Å². The first kappa shape index (κ1) is 14.5. The fourth-order valence-electron chi connectivity index (χ4n) is 1.21. The summed E-state index contributed by atoms with van der Waals surface area (Å²) in [6.45, 7) is 2.74. The molecular weight excluding hydrogens is 305 g/mol. The molecule has 0 aliphatic heterocycles. The molecule has 0 aliphatic rings. The summed E-state index contributed by atoms with van der Waals surface area (Å²) in [6.07, 6.45) is 0.944. The summed E-state index contributed by atoms with van der Waals surface area (Å²) < 4.78 is 13.6. The van der Waals surface area contributed by atoms with Crippen LogP contribution in [0.3, 0.4) is 0 Å². The number of hydrogen-bond acceptors (Lipinski definition) is 2. The Bertz CT molecular complexity index is 387.